The Balaban J connectivity index is 1.96. The van der Waals surface area contributed by atoms with Gasteiger partial charge in [0.25, 0.3) is 0 Å². The summed E-state index contributed by atoms with van der Waals surface area (Å²) in [5.74, 6) is -0.923. The van der Waals surface area contributed by atoms with Crippen LogP contribution >= 0.6 is 0 Å². The van der Waals surface area contributed by atoms with Gasteiger partial charge >= 0.3 is 12.0 Å². The van der Waals surface area contributed by atoms with Crippen LogP contribution < -0.4 is 5.32 Å². The number of carboxylic acids is 1. The van der Waals surface area contributed by atoms with Gasteiger partial charge in [-0.25, -0.2) is 9.59 Å². The second-order valence-corrected chi connectivity index (χ2v) is 5.34. The van der Waals surface area contributed by atoms with Gasteiger partial charge in [0, 0.05) is 13.2 Å². The lowest BCUT2D eigenvalue weighted by atomic mass is 9.95. The zero-order valence-electron chi connectivity index (χ0n) is 10.6. The maximum absolute atomic E-state index is 12.1. The lowest BCUT2D eigenvalue weighted by Crippen LogP contribution is -2.57. The van der Waals surface area contributed by atoms with E-state index in [0.717, 1.165) is 25.9 Å². The van der Waals surface area contributed by atoms with E-state index in [1.54, 1.807) is 0 Å². The van der Waals surface area contributed by atoms with Gasteiger partial charge in [-0.2, -0.15) is 0 Å². The molecule has 2 saturated heterocycles. The third-order valence-electron chi connectivity index (χ3n) is 3.65. The summed E-state index contributed by atoms with van der Waals surface area (Å²) in [7, 11) is 0. The molecular formula is C12H20N2O4. The molecule has 0 spiro atoms. The summed E-state index contributed by atoms with van der Waals surface area (Å²) in [4.78, 5) is 24.6. The number of nitrogens with zero attached hydrogens (tertiary/aromatic N) is 1. The summed E-state index contributed by atoms with van der Waals surface area (Å²) in [5, 5.41) is 12.0. The molecule has 0 bridgehead atoms. The van der Waals surface area contributed by atoms with E-state index >= 15 is 0 Å². The molecule has 2 atom stereocenters. The van der Waals surface area contributed by atoms with Crippen molar-refractivity contribution >= 4 is 12.0 Å². The number of likely N-dealkylation sites (tertiary alicyclic amines) is 1. The van der Waals surface area contributed by atoms with E-state index in [4.69, 9.17) is 9.84 Å². The number of hydrogen-bond acceptors (Lipinski definition) is 3. The van der Waals surface area contributed by atoms with E-state index < -0.39 is 12.0 Å². The predicted molar refractivity (Wildman–Crippen MR) is 64.4 cm³/mol. The normalized spacial score (nSPS) is 32.3. The zero-order chi connectivity index (χ0) is 13.2. The van der Waals surface area contributed by atoms with E-state index in [1.807, 2.05) is 6.92 Å². The average Bonchev–Trinajstić information content (AvgIpc) is 2.78. The molecule has 2 aliphatic rings. The molecule has 2 rings (SSSR count). The summed E-state index contributed by atoms with van der Waals surface area (Å²) in [6.07, 6.45) is 3.07. The monoisotopic (exact) mass is 256 g/mol. The van der Waals surface area contributed by atoms with Crippen LogP contribution in [-0.2, 0) is 9.53 Å². The molecule has 0 aromatic heterocycles. The minimum absolute atomic E-state index is 0.284. The van der Waals surface area contributed by atoms with Crippen molar-refractivity contribution in [1.82, 2.24) is 10.2 Å². The van der Waals surface area contributed by atoms with Crippen molar-refractivity contribution in [2.45, 2.75) is 44.2 Å². The highest BCUT2D eigenvalue weighted by Crippen LogP contribution is 2.21. The van der Waals surface area contributed by atoms with E-state index in [-0.39, 0.29) is 11.6 Å². The molecule has 2 fully saturated rings. The molecular weight excluding hydrogens is 236 g/mol. The minimum Gasteiger partial charge on any atom is -0.480 e. The molecule has 0 saturated carbocycles. The van der Waals surface area contributed by atoms with Crippen molar-refractivity contribution in [2.75, 3.05) is 19.8 Å². The molecule has 6 heteroatoms. The average molecular weight is 256 g/mol. The molecule has 18 heavy (non-hydrogen) atoms. The molecule has 2 aliphatic heterocycles. The van der Waals surface area contributed by atoms with Crippen LogP contribution in [0.1, 0.15) is 32.6 Å². The molecule has 6 nitrogen and oxygen atoms in total. The lowest BCUT2D eigenvalue weighted by molar-refractivity contribution is -0.141. The maximum atomic E-state index is 12.1. The van der Waals surface area contributed by atoms with Crippen LogP contribution in [0.4, 0.5) is 4.79 Å². The Morgan fingerprint density at radius 1 is 1.44 bits per heavy atom. The van der Waals surface area contributed by atoms with Gasteiger partial charge in [-0.05, 0) is 32.6 Å². The number of nitrogens with one attached hydrogen (secondary N) is 1. The van der Waals surface area contributed by atoms with Crippen molar-refractivity contribution in [3.8, 4) is 0 Å². The Morgan fingerprint density at radius 2 is 2.22 bits per heavy atom. The van der Waals surface area contributed by atoms with E-state index in [9.17, 15) is 9.59 Å². The quantitative estimate of drug-likeness (QED) is 0.766. The largest absolute Gasteiger partial charge is 0.480 e. The third-order valence-corrected chi connectivity index (χ3v) is 3.65. The molecule has 0 aromatic rings. The van der Waals surface area contributed by atoms with Gasteiger partial charge in [0.05, 0.1) is 12.1 Å². The van der Waals surface area contributed by atoms with Crippen molar-refractivity contribution in [1.29, 1.82) is 0 Å². The first-order chi connectivity index (χ1) is 8.52. The number of hydrogen-bond donors (Lipinski definition) is 2. The van der Waals surface area contributed by atoms with Crippen molar-refractivity contribution in [3.63, 3.8) is 0 Å². The van der Waals surface area contributed by atoms with Gasteiger partial charge in [-0.1, -0.05) is 0 Å². The fourth-order valence-corrected chi connectivity index (χ4v) is 2.63. The number of rotatable bonds is 2. The summed E-state index contributed by atoms with van der Waals surface area (Å²) in [5.41, 5.74) is -0.374. The molecule has 0 aromatic carbocycles. The molecule has 2 amide bonds. The Morgan fingerprint density at radius 3 is 2.83 bits per heavy atom. The van der Waals surface area contributed by atoms with Crippen molar-refractivity contribution in [3.05, 3.63) is 0 Å². The number of carbonyl (C=O) groups is 2. The summed E-state index contributed by atoms with van der Waals surface area (Å²) >= 11 is 0. The smallest absolute Gasteiger partial charge is 0.326 e. The molecule has 102 valence electrons. The molecule has 2 heterocycles. The number of aliphatic carboxylic acids is 1. The molecule has 0 aliphatic carbocycles. The fraction of sp³-hybridized carbons (Fsp3) is 0.833. The number of carbonyl (C=O) groups excluding carboxylic acids is 1. The van der Waals surface area contributed by atoms with E-state index in [0.29, 0.717) is 19.6 Å². The first kappa shape index (κ1) is 13.1. The Kier molecular flexibility index (Phi) is 3.75. The summed E-state index contributed by atoms with van der Waals surface area (Å²) < 4.78 is 5.37. The SMILES string of the molecule is CC1(NC(=O)N2CCC[C@@H]2C(=O)O)CCCOC1. The Labute approximate surface area is 106 Å². The highest BCUT2D eigenvalue weighted by atomic mass is 16.5. The predicted octanol–water partition coefficient (Wildman–Crippen LogP) is 0.814. The van der Waals surface area contributed by atoms with E-state index in [1.165, 1.54) is 4.90 Å². The fourth-order valence-electron chi connectivity index (χ4n) is 2.63. The van der Waals surface area contributed by atoms with E-state index in [2.05, 4.69) is 5.32 Å². The zero-order valence-corrected chi connectivity index (χ0v) is 10.6. The molecule has 2 N–H and O–H groups in total. The van der Waals surface area contributed by atoms with Crippen LogP contribution in [0.2, 0.25) is 0 Å². The highest BCUT2D eigenvalue weighted by molar-refractivity contribution is 5.83. The summed E-state index contributed by atoms with van der Waals surface area (Å²) in [6.45, 7) is 3.67. The second-order valence-electron chi connectivity index (χ2n) is 5.34. The lowest BCUT2D eigenvalue weighted by Gasteiger charge is -2.36. The number of carboxylic acid groups (broad SMARTS) is 1. The minimum atomic E-state index is -0.923. The highest BCUT2D eigenvalue weighted by Gasteiger charge is 2.37. The second kappa shape index (κ2) is 5.14. The van der Waals surface area contributed by atoms with Gasteiger partial charge in [-0.3, -0.25) is 0 Å². The maximum Gasteiger partial charge on any atom is 0.326 e. The number of amides is 2. The van der Waals surface area contributed by atoms with Crippen molar-refractivity contribution < 1.29 is 19.4 Å². The number of ether oxygens (including phenoxy) is 1. The van der Waals surface area contributed by atoms with Crippen LogP contribution in [0.5, 0.6) is 0 Å². The van der Waals surface area contributed by atoms with Gasteiger partial charge in [0.2, 0.25) is 0 Å². The third kappa shape index (κ3) is 2.75. The van der Waals surface area contributed by atoms with Gasteiger partial charge in [0.1, 0.15) is 6.04 Å². The molecule has 1 unspecified atom stereocenters. The molecule has 0 radical (unpaired) electrons. The van der Waals surface area contributed by atoms with Crippen LogP contribution in [-0.4, -0.2) is 53.3 Å². The first-order valence-corrected chi connectivity index (χ1v) is 6.41. The standard InChI is InChI=1S/C12H20N2O4/c1-12(5-3-7-18-8-12)13-11(17)14-6-2-4-9(14)10(15)16/h9H,2-8H2,1H3,(H,13,17)(H,15,16)/t9-,12?/m1/s1. The Bertz CT molecular complexity index is 339. The van der Waals surface area contributed by atoms with Crippen molar-refractivity contribution in [2.24, 2.45) is 0 Å². The van der Waals surface area contributed by atoms with Gasteiger partial charge < -0.3 is 20.1 Å². The number of urea groups is 1. The summed E-state index contributed by atoms with van der Waals surface area (Å²) in [6, 6.07) is -0.967. The van der Waals surface area contributed by atoms with Crippen LogP contribution in [0.25, 0.3) is 0 Å². The topological polar surface area (TPSA) is 78.9 Å². The first-order valence-electron chi connectivity index (χ1n) is 6.41. The van der Waals surface area contributed by atoms with Gasteiger partial charge in [-0.15, -0.1) is 0 Å². The van der Waals surface area contributed by atoms with Crippen LogP contribution in [0, 0.1) is 0 Å². The van der Waals surface area contributed by atoms with Crippen LogP contribution in [0.3, 0.4) is 0 Å². The van der Waals surface area contributed by atoms with Crippen LogP contribution in [0.15, 0.2) is 0 Å². The van der Waals surface area contributed by atoms with Gasteiger partial charge in [0.15, 0.2) is 0 Å². The Hall–Kier alpha value is -1.30.